The average Bonchev–Trinajstić information content (AvgIpc) is 2.26. The molecule has 2 rings (SSSR count). The molecule has 1 aromatic rings. The highest BCUT2D eigenvalue weighted by atomic mass is 16.5. The minimum Gasteiger partial charge on any atom is -0.497 e. The van der Waals surface area contributed by atoms with Gasteiger partial charge in [-0.2, -0.15) is 5.26 Å². The molecule has 0 spiro atoms. The first kappa shape index (κ1) is 9.53. The van der Waals surface area contributed by atoms with Gasteiger partial charge in [0.15, 0.2) is 0 Å². The number of amides is 1. The van der Waals surface area contributed by atoms with Gasteiger partial charge in [-0.1, -0.05) is 6.07 Å². The number of ether oxygens (including phenoxy) is 1. The maximum absolute atomic E-state index is 11.3. The molecule has 1 aliphatic rings. The number of carbonyl (C=O) groups is 1. The lowest BCUT2D eigenvalue weighted by molar-refractivity contribution is -0.116. The number of anilines is 1. The van der Waals surface area contributed by atoms with E-state index < -0.39 is 0 Å². The van der Waals surface area contributed by atoms with Gasteiger partial charge in [0, 0.05) is 18.2 Å². The van der Waals surface area contributed by atoms with Crippen LogP contribution in [0.25, 0.3) is 0 Å². The number of benzene rings is 1. The van der Waals surface area contributed by atoms with E-state index in [1.165, 1.54) is 0 Å². The summed E-state index contributed by atoms with van der Waals surface area (Å²) in [6.07, 6.45) is 0.232. The van der Waals surface area contributed by atoms with Crippen LogP contribution in [0.15, 0.2) is 18.2 Å². The number of rotatable bonds is 1. The topological polar surface area (TPSA) is 62.1 Å². The third kappa shape index (κ3) is 1.64. The Labute approximate surface area is 87.5 Å². The molecule has 4 nitrogen and oxygen atoms in total. The Kier molecular flexibility index (Phi) is 2.30. The Morgan fingerprint density at radius 1 is 1.60 bits per heavy atom. The van der Waals surface area contributed by atoms with Gasteiger partial charge in [0.2, 0.25) is 5.91 Å². The Morgan fingerprint density at radius 2 is 2.40 bits per heavy atom. The van der Waals surface area contributed by atoms with Crippen LogP contribution >= 0.6 is 0 Å². The predicted molar refractivity (Wildman–Crippen MR) is 54.6 cm³/mol. The predicted octanol–water partition coefficient (Wildman–Crippen LogP) is 1.64. The van der Waals surface area contributed by atoms with E-state index in [1.807, 2.05) is 6.07 Å². The van der Waals surface area contributed by atoms with Crippen molar-refractivity contribution >= 4 is 11.6 Å². The Morgan fingerprint density at radius 3 is 3.07 bits per heavy atom. The van der Waals surface area contributed by atoms with E-state index in [-0.39, 0.29) is 18.2 Å². The summed E-state index contributed by atoms with van der Waals surface area (Å²) in [6, 6.07) is 7.47. The smallest absolute Gasteiger partial charge is 0.226 e. The molecule has 0 aliphatic carbocycles. The standard InChI is InChI=1S/C11H10N2O2/c1-15-8-2-3-9-7(6-12)4-11(14)13-10(9)5-8/h2-3,5,7H,4H2,1H3,(H,13,14)/t7-/m0/s1. The second kappa shape index (κ2) is 3.62. The number of nitriles is 1. The van der Waals surface area contributed by atoms with Gasteiger partial charge in [-0.05, 0) is 11.6 Å². The molecule has 15 heavy (non-hydrogen) atoms. The highest BCUT2D eigenvalue weighted by molar-refractivity contribution is 5.95. The van der Waals surface area contributed by atoms with Gasteiger partial charge in [-0.3, -0.25) is 4.79 Å². The SMILES string of the molecule is COc1ccc2c(c1)NC(=O)C[C@H]2C#N. The average molecular weight is 202 g/mol. The lowest BCUT2D eigenvalue weighted by atomic mass is 9.92. The molecule has 0 aromatic heterocycles. The van der Waals surface area contributed by atoms with Crippen LogP contribution < -0.4 is 10.1 Å². The van der Waals surface area contributed by atoms with Crippen LogP contribution in [-0.4, -0.2) is 13.0 Å². The number of nitrogens with zero attached hydrogens (tertiary/aromatic N) is 1. The van der Waals surface area contributed by atoms with Crippen LogP contribution in [0.2, 0.25) is 0 Å². The van der Waals surface area contributed by atoms with E-state index in [0.29, 0.717) is 11.4 Å². The van der Waals surface area contributed by atoms with E-state index in [2.05, 4.69) is 11.4 Å². The largest absolute Gasteiger partial charge is 0.497 e. The molecule has 0 saturated heterocycles. The fourth-order valence-electron chi connectivity index (χ4n) is 1.69. The molecule has 4 heteroatoms. The maximum Gasteiger partial charge on any atom is 0.226 e. The van der Waals surface area contributed by atoms with E-state index >= 15 is 0 Å². The lowest BCUT2D eigenvalue weighted by Gasteiger charge is -2.21. The van der Waals surface area contributed by atoms with Gasteiger partial charge in [0.25, 0.3) is 0 Å². The van der Waals surface area contributed by atoms with Gasteiger partial charge in [-0.25, -0.2) is 0 Å². The van der Waals surface area contributed by atoms with Gasteiger partial charge >= 0.3 is 0 Å². The van der Waals surface area contributed by atoms with Crippen molar-refractivity contribution in [3.8, 4) is 11.8 Å². The monoisotopic (exact) mass is 202 g/mol. The van der Waals surface area contributed by atoms with Crippen LogP contribution in [-0.2, 0) is 4.79 Å². The number of hydrogen-bond donors (Lipinski definition) is 1. The summed E-state index contributed by atoms with van der Waals surface area (Å²) in [6.45, 7) is 0. The first-order chi connectivity index (χ1) is 7.24. The summed E-state index contributed by atoms with van der Waals surface area (Å²) in [5.41, 5.74) is 1.54. The van der Waals surface area contributed by atoms with Crippen LogP contribution in [0.5, 0.6) is 5.75 Å². The molecule has 1 aromatic carbocycles. The first-order valence-corrected chi connectivity index (χ1v) is 4.62. The van der Waals surface area contributed by atoms with Crippen molar-refractivity contribution in [1.82, 2.24) is 0 Å². The fourth-order valence-corrected chi connectivity index (χ4v) is 1.69. The summed E-state index contributed by atoms with van der Waals surface area (Å²) < 4.78 is 5.05. The number of methoxy groups -OCH3 is 1. The van der Waals surface area contributed by atoms with Gasteiger partial charge in [0.05, 0.1) is 19.1 Å². The summed E-state index contributed by atoms with van der Waals surface area (Å²) in [5.74, 6) is 0.203. The summed E-state index contributed by atoms with van der Waals surface area (Å²) in [7, 11) is 1.56. The summed E-state index contributed by atoms with van der Waals surface area (Å²) in [4.78, 5) is 11.3. The van der Waals surface area contributed by atoms with Crippen molar-refractivity contribution in [1.29, 1.82) is 5.26 Å². The zero-order chi connectivity index (χ0) is 10.8. The molecule has 0 saturated carbocycles. The van der Waals surface area contributed by atoms with Crippen LogP contribution in [0, 0.1) is 11.3 Å². The second-order valence-electron chi connectivity index (χ2n) is 3.39. The Hall–Kier alpha value is -2.02. The highest BCUT2D eigenvalue weighted by Crippen LogP contribution is 2.34. The lowest BCUT2D eigenvalue weighted by Crippen LogP contribution is -2.22. The number of fused-ring (bicyclic) bond motifs is 1. The van der Waals surface area contributed by atoms with E-state index in [4.69, 9.17) is 10.00 Å². The Bertz CT molecular complexity index is 448. The third-order valence-corrected chi connectivity index (χ3v) is 2.46. The molecule has 1 N–H and O–H groups in total. The van der Waals surface area contributed by atoms with Crippen molar-refractivity contribution in [3.63, 3.8) is 0 Å². The Balaban J connectivity index is 2.47. The second-order valence-corrected chi connectivity index (χ2v) is 3.39. The summed E-state index contributed by atoms with van der Waals surface area (Å²) in [5, 5.41) is 11.6. The number of nitrogens with one attached hydrogen (secondary N) is 1. The van der Waals surface area contributed by atoms with E-state index in [0.717, 1.165) is 5.56 Å². The van der Waals surface area contributed by atoms with Crippen LogP contribution in [0.4, 0.5) is 5.69 Å². The minimum atomic E-state index is -0.348. The summed E-state index contributed by atoms with van der Waals surface area (Å²) >= 11 is 0. The number of carbonyl (C=O) groups excluding carboxylic acids is 1. The molecule has 1 aliphatic heterocycles. The maximum atomic E-state index is 11.3. The molecule has 0 radical (unpaired) electrons. The van der Waals surface area contributed by atoms with Crippen molar-refractivity contribution in [2.75, 3.05) is 12.4 Å². The molecule has 1 atom stereocenters. The van der Waals surface area contributed by atoms with Gasteiger partial charge < -0.3 is 10.1 Å². The van der Waals surface area contributed by atoms with Crippen molar-refractivity contribution in [2.24, 2.45) is 0 Å². The number of hydrogen-bond acceptors (Lipinski definition) is 3. The molecular formula is C11H10N2O2. The van der Waals surface area contributed by atoms with E-state index in [1.54, 1.807) is 19.2 Å². The van der Waals surface area contributed by atoms with Crippen LogP contribution in [0.3, 0.4) is 0 Å². The fraction of sp³-hybridized carbons (Fsp3) is 0.273. The first-order valence-electron chi connectivity index (χ1n) is 4.62. The normalized spacial score (nSPS) is 18.7. The molecule has 1 amide bonds. The molecule has 0 unspecified atom stereocenters. The molecular weight excluding hydrogens is 192 g/mol. The van der Waals surface area contributed by atoms with Crippen molar-refractivity contribution in [2.45, 2.75) is 12.3 Å². The minimum absolute atomic E-state index is 0.123. The van der Waals surface area contributed by atoms with Gasteiger partial charge in [0.1, 0.15) is 5.75 Å². The zero-order valence-electron chi connectivity index (χ0n) is 8.28. The zero-order valence-corrected chi connectivity index (χ0v) is 8.28. The van der Waals surface area contributed by atoms with Crippen molar-refractivity contribution in [3.05, 3.63) is 23.8 Å². The third-order valence-electron chi connectivity index (χ3n) is 2.46. The molecule has 0 bridgehead atoms. The van der Waals surface area contributed by atoms with Crippen LogP contribution in [0.1, 0.15) is 17.9 Å². The molecule has 76 valence electrons. The highest BCUT2D eigenvalue weighted by Gasteiger charge is 2.24. The quantitative estimate of drug-likeness (QED) is 0.753. The van der Waals surface area contributed by atoms with Crippen molar-refractivity contribution < 1.29 is 9.53 Å². The molecule has 1 heterocycles. The van der Waals surface area contributed by atoms with E-state index in [9.17, 15) is 4.79 Å². The molecule has 0 fully saturated rings. The van der Waals surface area contributed by atoms with Gasteiger partial charge in [-0.15, -0.1) is 0 Å².